The molecule has 0 bridgehead atoms. The third-order valence-electron chi connectivity index (χ3n) is 4.91. The van der Waals surface area contributed by atoms with Gasteiger partial charge in [-0.1, -0.05) is 30.3 Å². The first-order valence-corrected chi connectivity index (χ1v) is 9.31. The Balaban J connectivity index is 0.00000210. The van der Waals surface area contributed by atoms with Gasteiger partial charge >= 0.3 is 0 Å². The van der Waals surface area contributed by atoms with Gasteiger partial charge in [-0.25, -0.2) is 4.39 Å². The number of nitrogens with one attached hydrogen (secondary N) is 1. The van der Waals surface area contributed by atoms with E-state index in [0.29, 0.717) is 38.3 Å². The lowest BCUT2D eigenvalue weighted by atomic mass is 10.0. The third-order valence-corrected chi connectivity index (χ3v) is 4.91. The van der Waals surface area contributed by atoms with Crippen molar-refractivity contribution in [3.63, 3.8) is 0 Å². The summed E-state index contributed by atoms with van der Waals surface area (Å²) in [7, 11) is 0. The molecule has 1 aliphatic rings. The number of anilines is 1. The number of nitrogens with zero attached hydrogens (tertiary/aromatic N) is 1. The Kier molecular flexibility index (Phi) is 11.0. The Morgan fingerprint density at radius 3 is 2.41 bits per heavy atom. The van der Waals surface area contributed by atoms with Crippen LogP contribution in [-0.4, -0.2) is 43.7 Å². The zero-order valence-corrected chi connectivity index (χ0v) is 17.8. The average molecular weight is 444 g/mol. The summed E-state index contributed by atoms with van der Waals surface area (Å²) in [5.41, 5.74) is 8.62. The largest absolute Gasteiger partial charge is 0.399 e. The predicted octanol–water partition coefficient (Wildman–Crippen LogP) is 3.37. The fraction of sp³-hybridized carbons (Fsp3) is 0.381. The zero-order valence-electron chi connectivity index (χ0n) is 16.2. The lowest BCUT2D eigenvalue weighted by Crippen LogP contribution is -2.43. The number of carbonyl (C=O) groups excluding carboxylic acids is 1. The number of ether oxygens (including phenoxy) is 1. The molecule has 1 atom stereocenters. The Hall–Kier alpha value is -1.86. The highest BCUT2D eigenvalue weighted by Gasteiger charge is 2.23. The van der Waals surface area contributed by atoms with Crippen molar-refractivity contribution in [1.29, 1.82) is 0 Å². The van der Waals surface area contributed by atoms with Crippen molar-refractivity contribution in [3.05, 3.63) is 65.5 Å². The molecule has 1 fully saturated rings. The summed E-state index contributed by atoms with van der Waals surface area (Å²) < 4.78 is 18.7. The molecule has 1 saturated heterocycles. The van der Waals surface area contributed by atoms with Crippen molar-refractivity contribution >= 4 is 36.4 Å². The highest BCUT2D eigenvalue weighted by molar-refractivity contribution is 5.85. The first kappa shape index (κ1) is 25.2. The summed E-state index contributed by atoms with van der Waals surface area (Å²) >= 11 is 0. The van der Waals surface area contributed by atoms with Gasteiger partial charge in [-0.05, 0) is 35.7 Å². The van der Waals surface area contributed by atoms with Crippen molar-refractivity contribution < 1.29 is 13.9 Å². The fourth-order valence-electron chi connectivity index (χ4n) is 3.34. The van der Waals surface area contributed by atoms with Crippen LogP contribution in [0.2, 0.25) is 0 Å². The quantitative estimate of drug-likeness (QED) is 0.643. The van der Waals surface area contributed by atoms with Gasteiger partial charge in [-0.3, -0.25) is 9.69 Å². The summed E-state index contributed by atoms with van der Waals surface area (Å²) in [5, 5.41) is 3.03. The van der Waals surface area contributed by atoms with E-state index in [1.54, 1.807) is 12.1 Å². The minimum Gasteiger partial charge on any atom is -0.399 e. The normalized spacial score (nSPS) is 14.9. The summed E-state index contributed by atoms with van der Waals surface area (Å²) in [6.45, 7) is 3.39. The number of morpholine rings is 1. The Bertz CT molecular complexity index is 756. The molecule has 29 heavy (non-hydrogen) atoms. The van der Waals surface area contributed by atoms with Gasteiger partial charge in [0.05, 0.1) is 19.3 Å². The number of nitrogens with two attached hydrogens (primary N) is 1. The monoisotopic (exact) mass is 443 g/mol. The van der Waals surface area contributed by atoms with E-state index < -0.39 is 0 Å². The van der Waals surface area contributed by atoms with Gasteiger partial charge in [0.1, 0.15) is 5.82 Å². The van der Waals surface area contributed by atoms with Crippen molar-refractivity contribution in [2.75, 3.05) is 38.6 Å². The van der Waals surface area contributed by atoms with Crippen molar-refractivity contribution in [1.82, 2.24) is 10.2 Å². The maximum Gasteiger partial charge on any atom is 0.220 e. The van der Waals surface area contributed by atoms with Gasteiger partial charge in [-0.15, -0.1) is 24.8 Å². The van der Waals surface area contributed by atoms with Gasteiger partial charge in [0.2, 0.25) is 5.91 Å². The molecule has 1 unspecified atom stereocenters. The Morgan fingerprint density at radius 1 is 1.10 bits per heavy atom. The molecular formula is C21H28Cl2FN3O2. The summed E-state index contributed by atoms with van der Waals surface area (Å²) in [5.74, 6) is -0.275. The van der Waals surface area contributed by atoms with Crippen LogP contribution in [0.1, 0.15) is 23.6 Å². The third kappa shape index (κ3) is 7.48. The molecule has 160 valence electrons. The van der Waals surface area contributed by atoms with Crippen LogP contribution >= 0.6 is 24.8 Å². The zero-order chi connectivity index (χ0) is 19.1. The van der Waals surface area contributed by atoms with Crippen LogP contribution in [0.3, 0.4) is 0 Å². The van der Waals surface area contributed by atoms with Crippen molar-refractivity contribution in [3.8, 4) is 0 Å². The van der Waals surface area contributed by atoms with Crippen LogP contribution in [0.25, 0.3) is 0 Å². The van der Waals surface area contributed by atoms with E-state index in [1.165, 1.54) is 12.1 Å². The number of halogens is 3. The number of aryl methyl sites for hydroxylation is 1. The van der Waals surface area contributed by atoms with E-state index >= 15 is 0 Å². The molecule has 8 heteroatoms. The number of para-hydroxylation sites is 1. The van der Waals surface area contributed by atoms with E-state index in [0.717, 1.165) is 24.2 Å². The highest BCUT2D eigenvalue weighted by atomic mass is 35.5. The van der Waals surface area contributed by atoms with Gasteiger partial charge in [-0.2, -0.15) is 0 Å². The van der Waals surface area contributed by atoms with Gasteiger partial charge in [0, 0.05) is 31.7 Å². The van der Waals surface area contributed by atoms with Gasteiger partial charge < -0.3 is 15.8 Å². The van der Waals surface area contributed by atoms with E-state index in [1.807, 2.05) is 24.3 Å². The minimum atomic E-state index is -0.260. The standard InChI is InChI=1S/C21H26FN3O2.2ClH/c22-18-8-5-17(6-9-18)20(25-11-13-27-14-12-25)15-24-21(26)10-7-16-3-1-2-4-19(16)23;;/h1-6,8-9,20H,7,10-15,23H2,(H,24,26);2*1H. The fourth-order valence-corrected chi connectivity index (χ4v) is 3.34. The molecule has 1 aliphatic heterocycles. The SMILES string of the molecule is Cl.Cl.Nc1ccccc1CCC(=O)NCC(c1ccc(F)cc1)N1CCOCC1. The number of benzene rings is 2. The number of nitrogen functional groups attached to an aromatic ring is 1. The maximum absolute atomic E-state index is 13.3. The van der Waals surface area contributed by atoms with Crippen LogP contribution < -0.4 is 11.1 Å². The minimum absolute atomic E-state index is 0. The lowest BCUT2D eigenvalue weighted by Gasteiger charge is -2.35. The van der Waals surface area contributed by atoms with Crippen LogP contribution in [0.5, 0.6) is 0 Å². The number of carbonyl (C=O) groups is 1. The molecule has 0 aliphatic carbocycles. The number of amides is 1. The number of hydrogen-bond donors (Lipinski definition) is 2. The molecular weight excluding hydrogens is 416 g/mol. The number of rotatable bonds is 7. The molecule has 1 heterocycles. The van der Waals surface area contributed by atoms with Crippen molar-refractivity contribution in [2.45, 2.75) is 18.9 Å². The molecule has 0 spiro atoms. The van der Waals surface area contributed by atoms with Crippen LogP contribution in [-0.2, 0) is 16.0 Å². The Labute approximate surface area is 183 Å². The Morgan fingerprint density at radius 2 is 1.76 bits per heavy atom. The molecule has 0 saturated carbocycles. The second kappa shape index (κ2) is 12.6. The lowest BCUT2D eigenvalue weighted by molar-refractivity contribution is -0.121. The van der Waals surface area contributed by atoms with Crippen molar-refractivity contribution in [2.24, 2.45) is 0 Å². The molecule has 1 amide bonds. The molecule has 3 N–H and O–H groups in total. The van der Waals surface area contributed by atoms with Gasteiger partial charge in [0.15, 0.2) is 0 Å². The van der Waals surface area contributed by atoms with Crippen LogP contribution in [0, 0.1) is 5.82 Å². The molecule has 2 aromatic carbocycles. The predicted molar refractivity (Wildman–Crippen MR) is 118 cm³/mol. The maximum atomic E-state index is 13.3. The first-order chi connectivity index (χ1) is 13.1. The van der Waals surface area contributed by atoms with E-state index in [9.17, 15) is 9.18 Å². The molecule has 5 nitrogen and oxygen atoms in total. The molecule has 2 aromatic rings. The molecule has 0 aromatic heterocycles. The number of hydrogen-bond acceptors (Lipinski definition) is 4. The van der Waals surface area contributed by atoms with E-state index in [2.05, 4.69) is 10.2 Å². The summed E-state index contributed by atoms with van der Waals surface area (Å²) in [4.78, 5) is 14.6. The second-order valence-electron chi connectivity index (χ2n) is 6.72. The summed E-state index contributed by atoms with van der Waals surface area (Å²) in [6, 6.07) is 14.1. The molecule has 3 rings (SSSR count). The highest BCUT2D eigenvalue weighted by Crippen LogP contribution is 2.22. The first-order valence-electron chi connectivity index (χ1n) is 9.31. The van der Waals surface area contributed by atoms with Crippen LogP contribution in [0.15, 0.2) is 48.5 Å². The smallest absolute Gasteiger partial charge is 0.220 e. The van der Waals surface area contributed by atoms with Crippen LogP contribution in [0.4, 0.5) is 10.1 Å². The average Bonchev–Trinajstić information content (AvgIpc) is 2.69. The molecule has 0 radical (unpaired) electrons. The second-order valence-corrected chi connectivity index (χ2v) is 6.72. The summed E-state index contributed by atoms with van der Waals surface area (Å²) in [6.07, 6.45) is 0.991. The topological polar surface area (TPSA) is 67.6 Å². The van der Waals surface area contributed by atoms with E-state index in [-0.39, 0.29) is 42.6 Å². The van der Waals surface area contributed by atoms with Gasteiger partial charge in [0.25, 0.3) is 0 Å². The van der Waals surface area contributed by atoms with E-state index in [4.69, 9.17) is 10.5 Å².